The summed E-state index contributed by atoms with van der Waals surface area (Å²) in [6.07, 6.45) is 4.58. The first-order valence-electron chi connectivity index (χ1n) is 8.21. The number of ether oxygens (including phenoxy) is 1. The fraction of sp³-hybridized carbons (Fsp3) is 0.944. The van der Waals surface area contributed by atoms with Crippen LogP contribution >= 0.6 is 0 Å². The monoisotopic (exact) mass is 282 g/mol. The van der Waals surface area contributed by atoms with Crippen LogP contribution in [-0.4, -0.2) is 11.6 Å². The molecule has 0 bridgehead atoms. The van der Waals surface area contributed by atoms with E-state index >= 15 is 0 Å². The lowest BCUT2D eigenvalue weighted by molar-refractivity contribution is -0.171. The lowest BCUT2D eigenvalue weighted by atomic mass is 9.78. The van der Waals surface area contributed by atoms with Gasteiger partial charge < -0.3 is 4.74 Å². The third-order valence-electron chi connectivity index (χ3n) is 5.38. The first-order valence-corrected chi connectivity index (χ1v) is 8.21. The minimum absolute atomic E-state index is 0.0444. The highest BCUT2D eigenvalue weighted by molar-refractivity contribution is 5.82. The summed E-state index contributed by atoms with van der Waals surface area (Å²) in [6, 6.07) is 0. The van der Waals surface area contributed by atoms with E-state index in [1.807, 2.05) is 0 Å². The van der Waals surface area contributed by atoms with Gasteiger partial charge in [0.25, 0.3) is 0 Å². The van der Waals surface area contributed by atoms with Gasteiger partial charge in [0, 0.05) is 0 Å². The third kappa shape index (κ3) is 3.20. The summed E-state index contributed by atoms with van der Waals surface area (Å²) >= 11 is 0. The average molecular weight is 282 g/mol. The minimum atomic E-state index is -0.268. The van der Waals surface area contributed by atoms with Crippen molar-refractivity contribution in [3.05, 3.63) is 0 Å². The van der Waals surface area contributed by atoms with Crippen molar-refractivity contribution in [2.24, 2.45) is 16.2 Å². The van der Waals surface area contributed by atoms with E-state index in [2.05, 4.69) is 55.4 Å². The summed E-state index contributed by atoms with van der Waals surface area (Å²) in [7, 11) is 0. The van der Waals surface area contributed by atoms with E-state index < -0.39 is 0 Å². The number of hydrogen-bond donors (Lipinski definition) is 0. The summed E-state index contributed by atoms with van der Waals surface area (Å²) in [5.74, 6) is 0.0444. The molecule has 1 rings (SSSR count). The van der Waals surface area contributed by atoms with Crippen LogP contribution in [-0.2, 0) is 9.53 Å². The topological polar surface area (TPSA) is 26.3 Å². The number of esters is 1. The van der Waals surface area contributed by atoms with Crippen molar-refractivity contribution < 1.29 is 9.53 Å². The first kappa shape index (κ1) is 17.5. The second-order valence-electron chi connectivity index (χ2n) is 8.51. The normalized spacial score (nSPS) is 25.4. The molecule has 0 N–H and O–H groups in total. The quantitative estimate of drug-likeness (QED) is 0.614. The fourth-order valence-electron chi connectivity index (χ4n) is 3.60. The molecule has 118 valence electrons. The SMILES string of the molecule is CCC(CC)(CC)OC(=O)C1(CC(C)(C)C)CC1(C)C. The molecule has 0 aliphatic heterocycles. The number of rotatable bonds is 6. The fourth-order valence-corrected chi connectivity index (χ4v) is 3.60. The smallest absolute Gasteiger partial charge is 0.313 e. The second kappa shape index (κ2) is 5.35. The van der Waals surface area contributed by atoms with E-state index in [1.54, 1.807) is 0 Å². The Hall–Kier alpha value is -0.530. The van der Waals surface area contributed by atoms with E-state index in [9.17, 15) is 4.79 Å². The molecule has 1 atom stereocenters. The van der Waals surface area contributed by atoms with Crippen LogP contribution in [0.15, 0.2) is 0 Å². The highest BCUT2D eigenvalue weighted by Crippen LogP contribution is 2.68. The molecule has 20 heavy (non-hydrogen) atoms. The Bertz CT molecular complexity index is 350. The van der Waals surface area contributed by atoms with Gasteiger partial charge in [0.2, 0.25) is 0 Å². The van der Waals surface area contributed by atoms with Crippen LogP contribution in [0, 0.1) is 16.2 Å². The summed E-state index contributed by atoms with van der Waals surface area (Å²) in [5, 5.41) is 0. The molecule has 0 aromatic carbocycles. The van der Waals surface area contributed by atoms with Gasteiger partial charge in [-0.3, -0.25) is 4.79 Å². The number of carbonyl (C=O) groups excluding carboxylic acids is 1. The minimum Gasteiger partial charge on any atom is -0.459 e. The number of hydrogen-bond acceptors (Lipinski definition) is 2. The van der Waals surface area contributed by atoms with Gasteiger partial charge in [0.15, 0.2) is 0 Å². The van der Waals surface area contributed by atoms with Gasteiger partial charge in [-0.1, -0.05) is 55.4 Å². The Labute approximate surface area is 125 Å². The Morgan fingerprint density at radius 2 is 1.45 bits per heavy atom. The predicted octanol–water partition coefficient (Wildman–Crippen LogP) is 5.35. The molecule has 2 heteroatoms. The van der Waals surface area contributed by atoms with E-state index in [1.165, 1.54) is 0 Å². The van der Waals surface area contributed by atoms with Crippen molar-refractivity contribution >= 4 is 5.97 Å². The van der Waals surface area contributed by atoms with Crippen molar-refractivity contribution in [1.82, 2.24) is 0 Å². The zero-order valence-corrected chi connectivity index (χ0v) is 14.9. The van der Waals surface area contributed by atoms with E-state index in [0.29, 0.717) is 0 Å². The highest BCUT2D eigenvalue weighted by Gasteiger charge is 2.68. The van der Waals surface area contributed by atoms with Gasteiger partial charge in [-0.05, 0) is 42.9 Å². The molecule has 1 saturated carbocycles. The molecule has 1 unspecified atom stereocenters. The van der Waals surface area contributed by atoms with Crippen LogP contribution in [0.25, 0.3) is 0 Å². The maximum atomic E-state index is 12.9. The van der Waals surface area contributed by atoms with Gasteiger partial charge in [0.1, 0.15) is 5.60 Å². The summed E-state index contributed by atoms with van der Waals surface area (Å²) in [6.45, 7) is 17.4. The Kier molecular flexibility index (Phi) is 4.68. The van der Waals surface area contributed by atoms with Crippen molar-refractivity contribution in [3.8, 4) is 0 Å². The zero-order chi connectivity index (χ0) is 15.8. The number of carbonyl (C=O) groups is 1. The molecule has 0 aromatic rings. The Morgan fingerprint density at radius 3 is 1.70 bits per heavy atom. The van der Waals surface area contributed by atoms with E-state index in [4.69, 9.17) is 4.74 Å². The molecule has 2 nitrogen and oxygen atoms in total. The molecule has 0 radical (unpaired) electrons. The van der Waals surface area contributed by atoms with Crippen LogP contribution in [0.1, 0.15) is 87.5 Å². The van der Waals surface area contributed by atoms with Crippen molar-refractivity contribution in [1.29, 1.82) is 0 Å². The maximum Gasteiger partial charge on any atom is 0.313 e. The molecule has 1 fully saturated rings. The third-order valence-corrected chi connectivity index (χ3v) is 5.38. The average Bonchev–Trinajstić information content (AvgIpc) is 2.86. The molecule has 0 heterocycles. The molecule has 0 amide bonds. The molecule has 0 spiro atoms. The van der Waals surface area contributed by atoms with Crippen LogP contribution < -0.4 is 0 Å². The van der Waals surface area contributed by atoms with Crippen LogP contribution in [0.4, 0.5) is 0 Å². The second-order valence-corrected chi connectivity index (χ2v) is 8.51. The molecule has 0 aromatic heterocycles. The van der Waals surface area contributed by atoms with Gasteiger partial charge in [0.05, 0.1) is 5.41 Å². The van der Waals surface area contributed by atoms with Crippen molar-refractivity contribution in [2.45, 2.75) is 93.1 Å². The van der Waals surface area contributed by atoms with Crippen LogP contribution in [0.3, 0.4) is 0 Å². The molecule has 1 aliphatic rings. The standard InChI is InChI=1S/C18H34O2/c1-9-17(10-2,11-3)20-14(19)18(12-15(4,5)6)13-16(18,7)8/h9-13H2,1-8H3. The highest BCUT2D eigenvalue weighted by atomic mass is 16.6. The van der Waals surface area contributed by atoms with Gasteiger partial charge in [-0.15, -0.1) is 0 Å². The molecule has 1 aliphatic carbocycles. The van der Waals surface area contributed by atoms with Crippen molar-refractivity contribution in [2.75, 3.05) is 0 Å². The predicted molar refractivity (Wildman–Crippen MR) is 84.6 cm³/mol. The molecular formula is C18H34O2. The van der Waals surface area contributed by atoms with Crippen LogP contribution in [0.2, 0.25) is 0 Å². The van der Waals surface area contributed by atoms with E-state index in [0.717, 1.165) is 32.1 Å². The zero-order valence-electron chi connectivity index (χ0n) is 14.9. The Balaban J connectivity index is 2.93. The largest absolute Gasteiger partial charge is 0.459 e. The van der Waals surface area contributed by atoms with Crippen molar-refractivity contribution in [3.63, 3.8) is 0 Å². The summed E-state index contributed by atoms with van der Waals surface area (Å²) < 4.78 is 6.06. The van der Waals surface area contributed by atoms with Gasteiger partial charge in [-0.25, -0.2) is 0 Å². The Morgan fingerprint density at radius 1 is 1.05 bits per heavy atom. The first-order chi connectivity index (χ1) is 8.97. The maximum absolute atomic E-state index is 12.9. The lowest BCUT2D eigenvalue weighted by Gasteiger charge is -2.35. The molecule has 0 saturated heterocycles. The molecular weight excluding hydrogens is 248 g/mol. The lowest BCUT2D eigenvalue weighted by Crippen LogP contribution is -2.38. The van der Waals surface area contributed by atoms with Gasteiger partial charge >= 0.3 is 5.97 Å². The van der Waals surface area contributed by atoms with Crippen LogP contribution in [0.5, 0.6) is 0 Å². The summed E-state index contributed by atoms with van der Waals surface area (Å²) in [4.78, 5) is 12.9. The summed E-state index contributed by atoms with van der Waals surface area (Å²) in [5.41, 5.74) is -0.297. The van der Waals surface area contributed by atoms with E-state index in [-0.39, 0.29) is 27.8 Å². The van der Waals surface area contributed by atoms with Gasteiger partial charge in [-0.2, -0.15) is 0 Å².